The molecule has 0 aromatic rings. The van der Waals surface area contributed by atoms with E-state index >= 15 is 0 Å². The minimum atomic E-state index is -0.980. The van der Waals surface area contributed by atoms with Gasteiger partial charge in [0, 0.05) is 19.1 Å². The highest BCUT2D eigenvalue weighted by Crippen LogP contribution is 2.18. The van der Waals surface area contributed by atoms with Crippen molar-refractivity contribution in [3.8, 4) is 0 Å². The van der Waals surface area contributed by atoms with Crippen LogP contribution in [0.3, 0.4) is 0 Å². The summed E-state index contributed by atoms with van der Waals surface area (Å²) >= 11 is 0. The van der Waals surface area contributed by atoms with Crippen molar-refractivity contribution in [1.82, 2.24) is 15.1 Å². The van der Waals surface area contributed by atoms with Crippen LogP contribution in [-0.4, -0.2) is 66.2 Å². The van der Waals surface area contributed by atoms with E-state index in [2.05, 4.69) is 5.32 Å². The van der Waals surface area contributed by atoms with Gasteiger partial charge in [0.15, 0.2) is 0 Å². The van der Waals surface area contributed by atoms with Gasteiger partial charge in [0.05, 0.1) is 0 Å². The molecule has 2 unspecified atom stereocenters. The third-order valence-corrected chi connectivity index (χ3v) is 3.43. The Morgan fingerprint density at radius 1 is 1.42 bits per heavy atom. The van der Waals surface area contributed by atoms with Crippen molar-refractivity contribution in [2.45, 2.75) is 38.8 Å². The molecule has 19 heavy (non-hydrogen) atoms. The number of hydrogen-bond donors (Lipinski definition) is 2. The van der Waals surface area contributed by atoms with Gasteiger partial charge in [-0.2, -0.15) is 0 Å². The van der Waals surface area contributed by atoms with Crippen LogP contribution >= 0.6 is 0 Å². The second-order valence-corrected chi connectivity index (χ2v) is 5.76. The van der Waals surface area contributed by atoms with Gasteiger partial charge in [0.2, 0.25) is 0 Å². The van der Waals surface area contributed by atoms with E-state index in [1.165, 1.54) is 0 Å². The molecule has 2 atom stereocenters. The predicted molar refractivity (Wildman–Crippen MR) is 73.1 cm³/mol. The van der Waals surface area contributed by atoms with E-state index < -0.39 is 12.0 Å². The average Bonchev–Trinajstić information content (AvgIpc) is 2.71. The number of urea groups is 1. The number of hydrogen-bond acceptors (Lipinski definition) is 3. The number of carbonyl (C=O) groups is 2. The van der Waals surface area contributed by atoms with Crippen molar-refractivity contribution < 1.29 is 14.7 Å². The summed E-state index contributed by atoms with van der Waals surface area (Å²) in [4.78, 5) is 27.1. The molecule has 0 radical (unpaired) electrons. The molecule has 6 heteroatoms. The topological polar surface area (TPSA) is 72.9 Å². The first-order valence-corrected chi connectivity index (χ1v) is 6.77. The van der Waals surface area contributed by atoms with E-state index in [1.54, 1.807) is 18.7 Å². The van der Waals surface area contributed by atoms with Crippen LogP contribution in [0.25, 0.3) is 0 Å². The van der Waals surface area contributed by atoms with Crippen LogP contribution in [0.5, 0.6) is 0 Å². The lowest BCUT2D eigenvalue weighted by molar-refractivity contribution is -0.140. The van der Waals surface area contributed by atoms with Crippen LogP contribution < -0.4 is 5.32 Å². The monoisotopic (exact) mass is 271 g/mol. The molecule has 2 amide bonds. The molecule has 6 nitrogen and oxygen atoms in total. The molecule has 1 rings (SSSR count). The van der Waals surface area contributed by atoms with Crippen molar-refractivity contribution in [2.75, 3.05) is 27.2 Å². The van der Waals surface area contributed by atoms with Crippen molar-refractivity contribution in [3.63, 3.8) is 0 Å². The highest BCUT2D eigenvalue weighted by molar-refractivity contribution is 5.83. The molecule has 110 valence electrons. The number of amides is 2. The summed E-state index contributed by atoms with van der Waals surface area (Å²) in [5.41, 5.74) is 0. The van der Waals surface area contributed by atoms with Crippen LogP contribution in [0, 0.1) is 5.92 Å². The number of carboxylic acids is 1. The molecule has 0 spiro atoms. The fourth-order valence-corrected chi connectivity index (χ4v) is 2.44. The van der Waals surface area contributed by atoms with Crippen LogP contribution in [-0.2, 0) is 4.79 Å². The van der Waals surface area contributed by atoms with E-state index in [9.17, 15) is 9.59 Å². The second-order valence-electron chi connectivity index (χ2n) is 5.76. The molecule has 1 heterocycles. The minimum absolute atomic E-state index is 0.128. The predicted octanol–water partition coefficient (Wildman–Crippen LogP) is 0.831. The highest BCUT2D eigenvalue weighted by atomic mass is 16.4. The number of rotatable bonds is 5. The van der Waals surface area contributed by atoms with Crippen molar-refractivity contribution >= 4 is 12.0 Å². The Morgan fingerprint density at radius 2 is 2.05 bits per heavy atom. The van der Waals surface area contributed by atoms with Crippen molar-refractivity contribution in [3.05, 3.63) is 0 Å². The highest BCUT2D eigenvalue weighted by Gasteiger charge is 2.32. The molecule has 0 aromatic carbocycles. The Hall–Kier alpha value is -1.30. The Balaban J connectivity index is 2.63. The maximum absolute atomic E-state index is 12.2. The minimum Gasteiger partial charge on any atom is -0.480 e. The molecular formula is C13H25N3O3. The van der Waals surface area contributed by atoms with Gasteiger partial charge in [-0.3, -0.25) is 0 Å². The summed E-state index contributed by atoms with van der Waals surface area (Å²) in [6, 6.07) is -0.907. The van der Waals surface area contributed by atoms with Crippen LogP contribution in [0.1, 0.15) is 26.7 Å². The first-order valence-electron chi connectivity index (χ1n) is 6.77. The second kappa shape index (κ2) is 6.75. The Labute approximate surface area is 114 Å². The molecule has 1 saturated heterocycles. The summed E-state index contributed by atoms with van der Waals surface area (Å²) in [5, 5.41) is 11.7. The quantitative estimate of drug-likeness (QED) is 0.777. The molecule has 2 N–H and O–H groups in total. The number of nitrogens with zero attached hydrogens (tertiary/aromatic N) is 2. The Morgan fingerprint density at radius 3 is 2.53 bits per heavy atom. The van der Waals surface area contributed by atoms with E-state index in [0.717, 1.165) is 19.4 Å². The maximum atomic E-state index is 12.2. The average molecular weight is 271 g/mol. The number of nitrogens with one attached hydrogen (secondary N) is 1. The van der Waals surface area contributed by atoms with Crippen molar-refractivity contribution in [2.24, 2.45) is 5.92 Å². The molecule has 0 aromatic heterocycles. The van der Waals surface area contributed by atoms with E-state index in [0.29, 0.717) is 6.54 Å². The summed E-state index contributed by atoms with van der Waals surface area (Å²) in [5.74, 6) is -1.11. The fraction of sp³-hybridized carbons (Fsp3) is 0.846. The summed E-state index contributed by atoms with van der Waals surface area (Å²) < 4.78 is 0. The van der Waals surface area contributed by atoms with Gasteiger partial charge in [-0.25, -0.2) is 9.59 Å². The zero-order chi connectivity index (χ0) is 14.6. The van der Waals surface area contributed by atoms with Gasteiger partial charge in [-0.05, 0) is 32.9 Å². The fourth-order valence-electron chi connectivity index (χ4n) is 2.44. The molecule has 1 aliphatic heterocycles. The zero-order valence-corrected chi connectivity index (χ0v) is 12.2. The Bertz CT molecular complexity index is 331. The van der Waals surface area contributed by atoms with E-state index in [-0.39, 0.29) is 18.0 Å². The molecule has 0 bridgehead atoms. The molecule has 1 fully saturated rings. The normalized spacial score (nSPS) is 20.9. The van der Waals surface area contributed by atoms with Crippen LogP contribution in [0.4, 0.5) is 4.79 Å². The first-order chi connectivity index (χ1) is 8.82. The van der Waals surface area contributed by atoms with Gasteiger partial charge < -0.3 is 20.2 Å². The third-order valence-electron chi connectivity index (χ3n) is 3.43. The van der Waals surface area contributed by atoms with E-state index in [1.807, 2.05) is 19.0 Å². The first kappa shape index (κ1) is 15.8. The number of carbonyl (C=O) groups excluding carboxylic acids is 1. The number of carboxylic acid groups (broad SMARTS) is 1. The maximum Gasteiger partial charge on any atom is 0.326 e. The van der Waals surface area contributed by atoms with Crippen molar-refractivity contribution in [1.29, 1.82) is 0 Å². The lowest BCUT2D eigenvalue weighted by Gasteiger charge is -2.29. The van der Waals surface area contributed by atoms with Gasteiger partial charge >= 0.3 is 12.0 Å². The smallest absolute Gasteiger partial charge is 0.326 e. The number of aliphatic carboxylic acids is 1. The lowest BCUT2D eigenvalue weighted by atomic mass is 10.1. The van der Waals surface area contributed by atoms with Crippen LogP contribution in [0.2, 0.25) is 0 Å². The van der Waals surface area contributed by atoms with Gasteiger partial charge in [0.25, 0.3) is 0 Å². The van der Waals surface area contributed by atoms with Crippen LogP contribution in [0.15, 0.2) is 0 Å². The molecule has 0 saturated carbocycles. The summed E-state index contributed by atoms with van der Waals surface area (Å²) in [6.45, 7) is 5.10. The SMILES string of the molecule is CC(C)C(NC(=O)N1CCCC1CN(C)C)C(=O)O. The number of likely N-dealkylation sites (N-methyl/N-ethyl adjacent to an activating group) is 1. The summed E-state index contributed by atoms with van der Waals surface area (Å²) in [7, 11) is 3.95. The largest absolute Gasteiger partial charge is 0.480 e. The molecule has 1 aliphatic rings. The summed E-state index contributed by atoms with van der Waals surface area (Å²) in [6.07, 6.45) is 1.95. The standard InChI is InChI=1S/C13H25N3O3/c1-9(2)11(12(17)18)14-13(19)16-7-5-6-10(16)8-15(3)4/h9-11H,5-8H2,1-4H3,(H,14,19)(H,17,18). The van der Waals surface area contributed by atoms with Gasteiger partial charge in [-0.1, -0.05) is 13.8 Å². The lowest BCUT2D eigenvalue weighted by Crippen LogP contribution is -2.52. The van der Waals surface area contributed by atoms with Gasteiger partial charge in [0.1, 0.15) is 6.04 Å². The van der Waals surface area contributed by atoms with E-state index in [4.69, 9.17) is 5.11 Å². The molecule has 0 aliphatic carbocycles. The zero-order valence-electron chi connectivity index (χ0n) is 12.2. The van der Waals surface area contributed by atoms with Gasteiger partial charge in [-0.15, -0.1) is 0 Å². The molecular weight excluding hydrogens is 246 g/mol. The Kier molecular flexibility index (Phi) is 5.60. The third kappa shape index (κ3) is 4.38. The number of likely N-dealkylation sites (tertiary alicyclic amines) is 1.